The molecule has 0 saturated carbocycles. The number of benzene rings is 1. The van der Waals surface area contributed by atoms with Gasteiger partial charge in [-0.3, -0.25) is 0 Å². The van der Waals surface area contributed by atoms with E-state index in [-0.39, 0.29) is 0 Å². The minimum absolute atomic E-state index is 0.425. The lowest BCUT2D eigenvalue weighted by atomic mass is 9.87. The van der Waals surface area contributed by atoms with Crippen LogP contribution >= 0.6 is 0 Å². The second-order valence-electron chi connectivity index (χ2n) is 5.70. The molecule has 0 amide bonds. The number of ether oxygens (including phenoxy) is 1. The molecule has 2 heteroatoms. The number of rotatable bonds is 3. The van der Waals surface area contributed by atoms with E-state index in [0.717, 1.165) is 6.54 Å². The van der Waals surface area contributed by atoms with Gasteiger partial charge in [-0.15, -0.1) is 0 Å². The van der Waals surface area contributed by atoms with Crippen LogP contribution in [-0.4, -0.2) is 18.8 Å². The first kappa shape index (κ1) is 12.2. The monoisotopic (exact) mass is 245 g/mol. The second kappa shape index (κ2) is 5.41. The number of hydrogen-bond donors (Lipinski definition) is 1. The molecule has 18 heavy (non-hydrogen) atoms. The van der Waals surface area contributed by atoms with Gasteiger partial charge in [0, 0.05) is 12.6 Å². The normalized spacial score (nSPS) is 31.3. The average molecular weight is 245 g/mol. The Kier molecular flexibility index (Phi) is 3.67. The van der Waals surface area contributed by atoms with Gasteiger partial charge in [-0.1, -0.05) is 24.3 Å². The first-order valence-corrected chi connectivity index (χ1v) is 7.29. The summed E-state index contributed by atoms with van der Waals surface area (Å²) in [7, 11) is 0. The van der Waals surface area contributed by atoms with Gasteiger partial charge in [-0.05, 0) is 50.2 Å². The molecule has 2 aliphatic rings. The molecule has 1 aliphatic heterocycles. The third kappa shape index (κ3) is 2.60. The number of hydrogen-bond acceptors (Lipinski definition) is 2. The van der Waals surface area contributed by atoms with Crippen molar-refractivity contribution >= 4 is 0 Å². The van der Waals surface area contributed by atoms with Crippen LogP contribution in [0, 0.1) is 0 Å². The maximum absolute atomic E-state index is 5.88. The van der Waals surface area contributed by atoms with Crippen molar-refractivity contribution in [3.63, 3.8) is 0 Å². The van der Waals surface area contributed by atoms with Crippen molar-refractivity contribution in [3.05, 3.63) is 35.4 Å². The van der Waals surface area contributed by atoms with E-state index in [2.05, 4.69) is 36.5 Å². The number of aryl methyl sites for hydroxylation is 1. The molecule has 2 nitrogen and oxygen atoms in total. The zero-order valence-corrected chi connectivity index (χ0v) is 11.2. The van der Waals surface area contributed by atoms with Crippen LogP contribution < -0.4 is 5.32 Å². The summed E-state index contributed by atoms with van der Waals surface area (Å²) in [5, 5.41) is 3.72. The van der Waals surface area contributed by atoms with Crippen LogP contribution in [0.2, 0.25) is 0 Å². The maximum atomic E-state index is 5.88. The van der Waals surface area contributed by atoms with Gasteiger partial charge in [0.2, 0.25) is 0 Å². The second-order valence-corrected chi connectivity index (χ2v) is 5.70. The molecule has 1 fully saturated rings. The minimum Gasteiger partial charge on any atom is -0.374 e. The van der Waals surface area contributed by atoms with Crippen molar-refractivity contribution in [1.29, 1.82) is 0 Å². The quantitative estimate of drug-likeness (QED) is 0.883. The molecule has 3 atom stereocenters. The molecule has 0 bridgehead atoms. The van der Waals surface area contributed by atoms with E-state index in [4.69, 9.17) is 4.74 Å². The molecular formula is C16H23NO. The van der Waals surface area contributed by atoms with Gasteiger partial charge in [0.15, 0.2) is 0 Å². The van der Waals surface area contributed by atoms with Gasteiger partial charge in [0.25, 0.3) is 0 Å². The fourth-order valence-electron chi connectivity index (χ4n) is 3.28. The van der Waals surface area contributed by atoms with Gasteiger partial charge in [0.1, 0.15) is 0 Å². The lowest BCUT2D eigenvalue weighted by molar-refractivity contribution is 0.0539. The minimum atomic E-state index is 0.425. The molecule has 1 N–H and O–H groups in total. The van der Waals surface area contributed by atoms with Gasteiger partial charge >= 0.3 is 0 Å². The molecule has 1 heterocycles. The highest BCUT2D eigenvalue weighted by molar-refractivity contribution is 5.32. The van der Waals surface area contributed by atoms with Gasteiger partial charge < -0.3 is 10.1 Å². The van der Waals surface area contributed by atoms with Crippen LogP contribution in [0.4, 0.5) is 0 Å². The third-order valence-corrected chi connectivity index (χ3v) is 4.28. The molecule has 0 aromatic heterocycles. The summed E-state index contributed by atoms with van der Waals surface area (Å²) in [4.78, 5) is 0. The zero-order valence-electron chi connectivity index (χ0n) is 11.2. The molecule has 1 aliphatic carbocycles. The fourth-order valence-corrected chi connectivity index (χ4v) is 3.28. The Labute approximate surface area is 110 Å². The molecule has 1 aromatic rings. The van der Waals surface area contributed by atoms with Crippen molar-refractivity contribution < 1.29 is 4.74 Å². The number of nitrogens with one attached hydrogen (secondary N) is 1. The third-order valence-electron chi connectivity index (χ3n) is 4.28. The van der Waals surface area contributed by atoms with E-state index in [1.165, 1.54) is 43.2 Å². The van der Waals surface area contributed by atoms with Gasteiger partial charge in [-0.25, -0.2) is 0 Å². The number of fused-ring (bicyclic) bond motifs is 1. The van der Waals surface area contributed by atoms with Crippen molar-refractivity contribution in [1.82, 2.24) is 5.32 Å². The molecule has 1 saturated heterocycles. The standard InChI is InChI=1S/C16H23NO/c1-12-9-10-14(18-12)11-17-16-8-4-6-13-5-2-3-7-15(13)16/h2-3,5,7,12,14,16-17H,4,6,8-11H2,1H3. The van der Waals surface area contributed by atoms with Gasteiger partial charge in [-0.2, -0.15) is 0 Å². The molecular weight excluding hydrogens is 222 g/mol. The van der Waals surface area contributed by atoms with E-state index in [9.17, 15) is 0 Å². The van der Waals surface area contributed by atoms with E-state index in [1.807, 2.05) is 0 Å². The van der Waals surface area contributed by atoms with Crippen molar-refractivity contribution in [2.45, 2.75) is 57.3 Å². The Morgan fingerprint density at radius 1 is 1.22 bits per heavy atom. The van der Waals surface area contributed by atoms with E-state index in [1.54, 1.807) is 0 Å². The van der Waals surface area contributed by atoms with Crippen LogP contribution in [0.3, 0.4) is 0 Å². The predicted molar refractivity (Wildman–Crippen MR) is 73.7 cm³/mol. The SMILES string of the molecule is CC1CCC(CNC2CCCc3ccccc32)O1. The Hall–Kier alpha value is -0.860. The van der Waals surface area contributed by atoms with Crippen LogP contribution in [-0.2, 0) is 11.2 Å². The molecule has 98 valence electrons. The van der Waals surface area contributed by atoms with Crippen molar-refractivity contribution in [2.24, 2.45) is 0 Å². The van der Waals surface area contributed by atoms with E-state index >= 15 is 0 Å². The molecule has 3 rings (SSSR count). The summed E-state index contributed by atoms with van der Waals surface area (Å²) < 4.78 is 5.88. The zero-order chi connectivity index (χ0) is 12.4. The predicted octanol–water partition coefficient (Wildman–Crippen LogP) is 3.22. The molecule has 0 spiro atoms. The average Bonchev–Trinajstić information content (AvgIpc) is 2.82. The lowest BCUT2D eigenvalue weighted by Crippen LogP contribution is -2.32. The Morgan fingerprint density at radius 3 is 2.94 bits per heavy atom. The summed E-state index contributed by atoms with van der Waals surface area (Å²) in [6, 6.07) is 9.41. The van der Waals surface area contributed by atoms with Crippen LogP contribution in [0.5, 0.6) is 0 Å². The first-order valence-electron chi connectivity index (χ1n) is 7.29. The molecule has 1 aromatic carbocycles. The topological polar surface area (TPSA) is 21.3 Å². The highest BCUT2D eigenvalue weighted by Crippen LogP contribution is 2.29. The van der Waals surface area contributed by atoms with E-state index in [0.29, 0.717) is 18.2 Å². The first-order chi connectivity index (χ1) is 8.83. The molecule has 0 radical (unpaired) electrons. The maximum Gasteiger partial charge on any atom is 0.0704 e. The highest BCUT2D eigenvalue weighted by atomic mass is 16.5. The summed E-state index contributed by atoms with van der Waals surface area (Å²) in [5.74, 6) is 0. The fraction of sp³-hybridized carbons (Fsp3) is 0.625. The van der Waals surface area contributed by atoms with Crippen molar-refractivity contribution in [3.8, 4) is 0 Å². The molecule has 3 unspecified atom stereocenters. The van der Waals surface area contributed by atoms with Crippen LogP contribution in [0.1, 0.15) is 49.8 Å². The summed E-state index contributed by atoms with van der Waals surface area (Å²) in [5.41, 5.74) is 3.04. The summed E-state index contributed by atoms with van der Waals surface area (Å²) >= 11 is 0. The largest absolute Gasteiger partial charge is 0.374 e. The van der Waals surface area contributed by atoms with E-state index < -0.39 is 0 Å². The van der Waals surface area contributed by atoms with Crippen molar-refractivity contribution in [2.75, 3.05) is 6.54 Å². The highest BCUT2D eigenvalue weighted by Gasteiger charge is 2.24. The Bertz CT molecular complexity index is 404. The summed E-state index contributed by atoms with van der Waals surface area (Å²) in [6.07, 6.45) is 7.11. The Balaban J connectivity index is 1.60. The Morgan fingerprint density at radius 2 is 2.11 bits per heavy atom. The van der Waals surface area contributed by atoms with Crippen LogP contribution in [0.15, 0.2) is 24.3 Å². The lowest BCUT2D eigenvalue weighted by Gasteiger charge is -2.27. The van der Waals surface area contributed by atoms with Crippen LogP contribution in [0.25, 0.3) is 0 Å². The smallest absolute Gasteiger partial charge is 0.0704 e. The summed E-state index contributed by atoms with van der Waals surface area (Å²) in [6.45, 7) is 3.18. The van der Waals surface area contributed by atoms with Gasteiger partial charge in [0.05, 0.1) is 12.2 Å².